The lowest BCUT2D eigenvalue weighted by Gasteiger charge is -2.10. The maximum atomic E-state index is 12.6. The van der Waals surface area contributed by atoms with Crippen LogP contribution in [-0.4, -0.2) is 25.1 Å². The lowest BCUT2D eigenvalue weighted by Crippen LogP contribution is -2.12. The highest BCUT2D eigenvalue weighted by Crippen LogP contribution is 2.30. The number of carbonyl (C=O) groups excluding carboxylic acids is 1. The van der Waals surface area contributed by atoms with Gasteiger partial charge in [-0.2, -0.15) is 0 Å². The summed E-state index contributed by atoms with van der Waals surface area (Å²) in [5.74, 6) is 1.51. The van der Waals surface area contributed by atoms with Crippen LogP contribution in [-0.2, 0) is 0 Å². The molecule has 28 heavy (non-hydrogen) atoms. The molecular weight excluding hydrogens is 356 g/mol. The largest absolute Gasteiger partial charge is 0.493 e. The van der Waals surface area contributed by atoms with Crippen LogP contribution in [0.2, 0.25) is 0 Å². The zero-order valence-corrected chi connectivity index (χ0v) is 15.4. The van der Waals surface area contributed by atoms with Crippen LogP contribution >= 0.6 is 0 Å². The number of pyridine rings is 1. The molecule has 4 aromatic rings. The van der Waals surface area contributed by atoms with E-state index in [1.165, 1.54) is 7.11 Å². The number of hydrogen-bond donors (Lipinski definition) is 1. The van der Waals surface area contributed by atoms with Gasteiger partial charge >= 0.3 is 0 Å². The van der Waals surface area contributed by atoms with Crippen molar-refractivity contribution in [3.8, 4) is 22.8 Å². The van der Waals surface area contributed by atoms with Crippen molar-refractivity contribution in [1.29, 1.82) is 0 Å². The molecular formula is C22H18N2O4. The van der Waals surface area contributed by atoms with E-state index in [-0.39, 0.29) is 5.91 Å². The van der Waals surface area contributed by atoms with Crippen LogP contribution in [0.1, 0.15) is 10.4 Å². The maximum Gasteiger partial charge on any atom is 0.255 e. The molecule has 2 heterocycles. The van der Waals surface area contributed by atoms with E-state index < -0.39 is 0 Å². The minimum Gasteiger partial charge on any atom is -0.493 e. The minimum absolute atomic E-state index is 0.246. The second kappa shape index (κ2) is 7.44. The minimum atomic E-state index is -0.246. The molecule has 0 atom stereocenters. The molecule has 0 radical (unpaired) electrons. The molecule has 0 aliphatic carbocycles. The van der Waals surface area contributed by atoms with Crippen LogP contribution in [0.25, 0.3) is 22.4 Å². The van der Waals surface area contributed by atoms with Crippen LogP contribution < -0.4 is 14.8 Å². The van der Waals surface area contributed by atoms with Gasteiger partial charge in [0.15, 0.2) is 11.5 Å². The number of carbonyl (C=O) groups is 1. The Labute approximate surface area is 161 Å². The van der Waals surface area contributed by atoms with Gasteiger partial charge < -0.3 is 19.2 Å². The first-order valence-corrected chi connectivity index (χ1v) is 8.66. The predicted molar refractivity (Wildman–Crippen MR) is 107 cm³/mol. The highest BCUT2D eigenvalue weighted by molar-refractivity contribution is 6.05. The smallest absolute Gasteiger partial charge is 0.255 e. The number of benzene rings is 2. The summed E-state index contributed by atoms with van der Waals surface area (Å²) in [5, 5.41) is 3.83. The summed E-state index contributed by atoms with van der Waals surface area (Å²) in [5.41, 5.74) is 2.56. The lowest BCUT2D eigenvalue weighted by atomic mass is 10.1. The number of anilines is 1. The second-order valence-corrected chi connectivity index (χ2v) is 6.11. The average Bonchev–Trinajstić information content (AvgIpc) is 3.17. The summed E-state index contributed by atoms with van der Waals surface area (Å²) in [6.45, 7) is 0. The number of ether oxygens (including phenoxy) is 2. The lowest BCUT2D eigenvalue weighted by molar-refractivity contribution is 0.102. The zero-order chi connectivity index (χ0) is 19.5. The van der Waals surface area contributed by atoms with Crippen molar-refractivity contribution in [3.63, 3.8) is 0 Å². The van der Waals surface area contributed by atoms with Gasteiger partial charge in [0.05, 0.1) is 14.2 Å². The maximum absolute atomic E-state index is 12.6. The summed E-state index contributed by atoms with van der Waals surface area (Å²) in [6, 6.07) is 18.2. The van der Waals surface area contributed by atoms with Crippen LogP contribution in [0.15, 0.2) is 71.3 Å². The molecule has 4 rings (SSSR count). The Hall–Kier alpha value is -3.80. The molecule has 0 aliphatic heterocycles. The summed E-state index contributed by atoms with van der Waals surface area (Å²) in [6.07, 6.45) is 1.69. The third-order valence-corrected chi connectivity index (χ3v) is 4.34. The number of furan rings is 1. The molecule has 2 aromatic carbocycles. The van der Waals surface area contributed by atoms with Crippen molar-refractivity contribution in [2.24, 2.45) is 0 Å². The Morgan fingerprint density at radius 1 is 0.964 bits per heavy atom. The number of rotatable bonds is 5. The molecule has 0 saturated carbocycles. The topological polar surface area (TPSA) is 73.6 Å². The van der Waals surface area contributed by atoms with Gasteiger partial charge in [-0.25, -0.2) is 4.98 Å². The predicted octanol–water partition coefficient (Wildman–Crippen LogP) is 4.76. The van der Waals surface area contributed by atoms with Gasteiger partial charge in [0, 0.05) is 28.4 Å². The molecule has 6 heteroatoms. The van der Waals surface area contributed by atoms with Crippen LogP contribution in [0, 0.1) is 0 Å². The fourth-order valence-electron chi connectivity index (χ4n) is 2.95. The van der Waals surface area contributed by atoms with Gasteiger partial charge in [0.25, 0.3) is 5.91 Å². The molecule has 1 amide bonds. The SMILES string of the molecule is COc1ccc(C(=O)Nc2cccc(-c3cc4cccnc4o3)c2)cc1OC. The number of hydrogen-bond acceptors (Lipinski definition) is 5. The van der Waals surface area contributed by atoms with E-state index in [9.17, 15) is 4.79 Å². The molecule has 0 bridgehead atoms. The monoisotopic (exact) mass is 374 g/mol. The van der Waals surface area contributed by atoms with E-state index in [2.05, 4.69) is 10.3 Å². The van der Waals surface area contributed by atoms with Crippen molar-refractivity contribution in [1.82, 2.24) is 4.98 Å². The van der Waals surface area contributed by atoms with Crippen molar-refractivity contribution < 1.29 is 18.7 Å². The highest BCUT2D eigenvalue weighted by Gasteiger charge is 2.12. The van der Waals surface area contributed by atoms with Gasteiger partial charge in [-0.1, -0.05) is 12.1 Å². The van der Waals surface area contributed by atoms with Gasteiger partial charge in [-0.15, -0.1) is 0 Å². The van der Waals surface area contributed by atoms with Gasteiger partial charge in [-0.3, -0.25) is 4.79 Å². The third kappa shape index (κ3) is 3.40. The average molecular weight is 374 g/mol. The fraction of sp³-hybridized carbons (Fsp3) is 0.0909. The Bertz CT molecular complexity index is 1120. The normalized spacial score (nSPS) is 10.6. The van der Waals surface area contributed by atoms with Crippen molar-refractivity contribution >= 4 is 22.7 Å². The number of methoxy groups -OCH3 is 2. The molecule has 0 aliphatic rings. The van der Waals surface area contributed by atoms with Gasteiger partial charge in [0.2, 0.25) is 5.71 Å². The van der Waals surface area contributed by atoms with E-state index in [4.69, 9.17) is 13.9 Å². The van der Waals surface area contributed by atoms with E-state index >= 15 is 0 Å². The Morgan fingerprint density at radius 2 is 1.82 bits per heavy atom. The van der Waals surface area contributed by atoms with E-state index in [0.717, 1.165) is 10.9 Å². The molecule has 0 spiro atoms. The fourth-order valence-corrected chi connectivity index (χ4v) is 2.95. The summed E-state index contributed by atoms with van der Waals surface area (Å²) in [4.78, 5) is 16.8. The molecule has 6 nitrogen and oxygen atoms in total. The van der Waals surface area contributed by atoms with E-state index in [1.807, 2.05) is 42.5 Å². The number of amides is 1. The number of nitrogens with zero attached hydrogens (tertiary/aromatic N) is 1. The van der Waals surface area contributed by atoms with Crippen LogP contribution in [0.4, 0.5) is 5.69 Å². The third-order valence-electron chi connectivity index (χ3n) is 4.34. The number of aromatic nitrogens is 1. The zero-order valence-electron chi connectivity index (χ0n) is 15.4. The molecule has 0 unspecified atom stereocenters. The van der Waals surface area contributed by atoms with E-state index in [1.54, 1.807) is 31.5 Å². The standard InChI is InChI=1S/C22H18N2O4/c1-26-18-9-8-15(12-20(18)27-2)21(25)24-17-7-3-5-14(11-17)19-13-16-6-4-10-23-22(16)28-19/h3-13H,1-2H3,(H,24,25). The van der Waals surface area contributed by atoms with Crippen LogP contribution in [0.5, 0.6) is 11.5 Å². The Balaban J connectivity index is 1.59. The number of fused-ring (bicyclic) bond motifs is 1. The Kier molecular flexibility index (Phi) is 4.68. The van der Waals surface area contributed by atoms with Gasteiger partial charge in [0.1, 0.15) is 5.76 Å². The van der Waals surface area contributed by atoms with Gasteiger partial charge in [-0.05, 0) is 48.5 Å². The molecule has 1 N–H and O–H groups in total. The van der Waals surface area contributed by atoms with Crippen molar-refractivity contribution in [2.75, 3.05) is 19.5 Å². The van der Waals surface area contributed by atoms with Crippen LogP contribution in [0.3, 0.4) is 0 Å². The molecule has 140 valence electrons. The first kappa shape index (κ1) is 17.6. The molecule has 2 aromatic heterocycles. The summed E-state index contributed by atoms with van der Waals surface area (Å²) in [7, 11) is 3.09. The number of nitrogens with one attached hydrogen (secondary N) is 1. The highest BCUT2D eigenvalue weighted by atomic mass is 16.5. The Morgan fingerprint density at radius 3 is 2.61 bits per heavy atom. The molecule has 0 fully saturated rings. The van der Waals surface area contributed by atoms with Crippen molar-refractivity contribution in [2.45, 2.75) is 0 Å². The van der Waals surface area contributed by atoms with Crippen molar-refractivity contribution in [3.05, 3.63) is 72.4 Å². The van der Waals surface area contributed by atoms with E-state index in [0.29, 0.717) is 34.2 Å². The summed E-state index contributed by atoms with van der Waals surface area (Å²) >= 11 is 0. The quantitative estimate of drug-likeness (QED) is 0.545. The molecule has 0 saturated heterocycles. The first-order chi connectivity index (χ1) is 13.7. The second-order valence-electron chi connectivity index (χ2n) is 6.11. The first-order valence-electron chi connectivity index (χ1n) is 8.66. The summed E-state index contributed by atoms with van der Waals surface area (Å²) < 4.78 is 16.3.